The average Bonchev–Trinajstić information content (AvgIpc) is 3.15. The zero-order valence-electron chi connectivity index (χ0n) is 16.1. The predicted molar refractivity (Wildman–Crippen MR) is 116 cm³/mol. The topological polar surface area (TPSA) is 76.1 Å². The number of fused-ring (bicyclic) bond motifs is 1. The molecule has 0 spiro atoms. The minimum Gasteiger partial charge on any atom is -0.302 e. The Hall–Kier alpha value is -2.51. The van der Waals surface area contributed by atoms with Gasteiger partial charge in [0.1, 0.15) is 0 Å². The van der Waals surface area contributed by atoms with E-state index in [1.807, 2.05) is 5.38 Å². The fourth-order valence-electron chi connectivity index (χ4n) is 3.56. The van der Waals surface area contributed by atoms with Crippen molar-refractivity contribution in [2.24, 2.45) is 0 Å². The van der Waals surface area contributed by atoms with Crippen LogP contribution in [0, 0.1) is 0 Å². The van der Waals surface area contributed by atoms with Crippen LogP contribution in [0.15, 0.2) is 52.7 Å². The molecule has 0 saturated carbocycles. The summed E-state index contributed by atoms with van der Waals surface area (Å²) in [6.07, 6.45) is 6.10. The van der Waals surface area contributed by atoms with Crippen LogP contribution in [0.3, 0.4) is 0 Å². The second kappa shape index (κ2) is 8.08. The Bertz CT molecular complexity index is 1150. The van der Waals surface area contributed by atoms with Crippen molar-refractivity contribution in [3.05, 3.63) is 64.5 Å². The second-order valence-corrected chi connectivity index (χ2v) is 10.2. The highest BCUT2D eigenvalue weighted by Gasteiger charge is 2.13. The molecule has 2 aromatic carbocycles. The first kappa shape index (κ1) is 19.8. The van der Waals surface area contributed by atoms with Crippen LogP contribution in [-0.2, 0) is 33.9 Å². The van der Waals surface area contributed by atoms with Crippen LogP contribution in [0.1, 0.15) is 29.5 Å². The van der Waals surface area contributed by atoms with Crippen molar-refractivity contribution in [2.75, 3.05) is 11.6 Å². The molecular formula is C22H22N2O3S2. The van der Waals surface area contributed by atoms with E-state index in [4.69, 9.17) is 0 Å². The Morgan fingerprint density at radius 2 is 1.79 bits per heavy atom. The van der Waals surface area contributed by atoms with Gasteiger partial charge in [0.2, 0.25) is 5.91 Å². The number of carbonyl (C=O) groups excluding carboxylic acids is 1. The molecule has 5 nitrogen and oxygen atoms in total. The average molecular weight is 427 g/mol. The number of thiazole rings is 1. The summed E-state index contributed by atoms with van der Waals surface area (Å²) in [5.74, 6) is -0.177. The Morgan fingerprint density at radius 3 is 2.52 bits per heavy atom. The van der Waals surface area contributed by atoms with Crippen LogP contribution < -0.4 is 5.32 Å². The van der Waals surface area contributed by atoms with Gasteiger partial charge in [-0.2, -0.15) is 0 Å². The Balaban J connectivity index is 1.42. The molecule has 4 rings (SSSR count). The molecule has 1 amide bonds. The van der Waals surface area contributed by atoms with Gasteiger partial charge in [0.25, 0.3) is 0 Å². The number of hydrogen-bond donors (Lipinski definition) is 1. The molecule has 0 atom stereocenters. The van der Waals surface area contributed by atoms with E-state index in [0.717, 1.165) is 35.9 Å². The largest absolute Gasteiger partial charge is 0.302 e. The van der Waals surface area contributed by atoms with E-state index in [9.17, 15) is 13.2 Å². The number of aromatic nitrogens is 1. The number of benzene rings is 2. The van der Waals surface area contributed by atoms with Gasteiger partial charge in [-0.15, -0.1) is 11.3 Å². The number of anilines is 1. The van der Waals surface area contributed by atoms with Crippen LogP contribution in [0.2, 0.25) is 0 Å². The van der Waals surface area contributed by atoms with Gasteiger partial charge in [-0.25, -0.2) is 13.4 Å². The maximum absolute atomic E-state index is 12.3. The molecule has 0 unspecified atom stereocenters. The molecule has 7 heteroatoms. The molecule has 1 aliphatic rings. The molecule has 1 N–H and O–H groups in total. The third kappa shape index (κ3) is 4.74. The summed E-state index contributed by atoms with van der Waals surface area (Å²) in [5.41, 5.74) is 5.55. The molecule has 29 heavy (non-hydrogen) atoms. The van der Waals surface area contributed by atoms with Gasteiger partial charge < -0.3 is 5.32 Å². The van der Waals surface area contributed by atoms with E-state index < -0.39 is 9.84 Å². The first-order chi connectivity index (χ1) is 13.9. The van der Waals surface area contributed by atoms with Crippen LogP contribution >= 0.6 is 11.3 Å². The number of amides is 1. The molecule has 0 radical (unpaired) electrons. The van der Waals surface area contributed by atoms with Crippen molar-refractivity contribution in [1.82, 2.24) is 4.98 Å². The molecule has 1 aromatic heterocycles. The zero-order chi connectivity index (χ0) is 20.4. The standard InChI is InChI=1S/C22H22N2O3S2/c1-29(26,27)19-10-6-15(7-11-19)12-21(25)24-22-23-20(14-28-22)18-9-8-16-4-2-3-5-17(16)13-18/h6-11,13-14H,2-5,12H2,1H3,(H,23,24,25). The van der Waals surface area contributed by atoms with Crippen molar-refractivity contribution in [3.8, 4) is 11.3 Å². The van der Waals surface area contributed by atoms with Crippen LogP contribution in [0.25, 0.3) is 11.3 Å². The molecule has 150 valence electrons. The Morgan fingerprint density at radius 1 is 1.07 bits per heavy atom. The normalized spacial score (nSPS) is 13.7. The molecule has 0 aliphatic heterocycles. The van der Waals surface area contributed by atoms with Gasteiger partial charge in [0.15, 0.2) is 15.0 Å². The van der Waals surface area contributed by atoms with Gasteiger partial charge in [-0.1, -0.05) is 24.3 Å². The van der Waals surface area contributed by atoms with Crippen molar-refractivity contribution in [2.45, 2.75) is 37.0 Å². The van der Waals surface area contributed by atoms with Crippen molar-refractivity contribution in [3.63, 3.8) is 0 Å². The fourth-order valence-corrected chi connectivity index (χ4v) is 4.93. The summed E-state index contributed by atoms with van der Waals surface area (Å²) in [7, 11) is -3.24. The first-order valence-corrected chi connectivity index (χ1v) is 12.3. The van der Waals surface area contributed by atoms with Crippen LogP contribution in [0.4, 0.5) is 5.13 Å². The molecule has 0 bridgehead atoms. The van der Waals surface area contributed by atoms with Crippen molar-refractivity contribution >= 4 is 32.2 Å². The highest BCUT2D eigenvalue weighted by Crippen LogP contribution is 2.29. The Labute approximate surface area is 174 Å². The predicted octanol–water partition coefficient (Wildman–Crippen LogP) is 4.27. The number of nitrogens with one attached hydrogen (secondary N) is 1. The lowest BCUT2D eigenvalue weighted by atomic mass is 9.90. The summed E-state index contributed by atoms with van der Waals surface area (Å²) in [6, 6.07) is 12.9. The van der Waals surface area contributed by atoms with E-state index in [-0.39, 0.29) is 17.2 Å². The molecule has 1 aliphatic carbocycles. The molecular weight excluding hydrogens is 404 g/mol. The smallest absolute Gasteiger partial charge is 0.230 e. The summed E-state index contributed by atoms with van der Waals surface area (Å²) in [5, 5.41) is 5.36. The minimum absolute atomic E-state index is 0.164. The molecule has 0 saturated heterocycles. The lowest BCUT2D eigenvalue weighted by molar-refractivity contribution is -0.115. The lowest BCUT2D eigenvalue weighted by Gasteiger charge is -2.16. The number of sulfone groups is 1. The third-order valence-electron chi connectivity index (χ3n) is 5.11. The third-order valence-corrected chi connectivity index (χ3v) is 7.00. The maximum atomic E-state index is 12.3. The highest BCUT2D eigenvalue weighted by molar-refractivity contribution is 7.90. The van der Waals surface area contributed by atoms with Gasteiger partial charge >= 0.3 is 0 Å². The number of aryl methyl sites for hydroxylation is 2. The lowest BCUT2D eigenvalue weighted by Crippen LogP contribution is -2.14. The highest BCUT2D eigenvalue weighted by atomic mass is 32.2. The van der Waals surface area contributed by atoms with Crippen molar-refractivity contribution < 1.29 is 13.2 Å². The summed E-state index contributed by atoms with van der Waals surface area (Å²) >= 11 is 1.40. The van der Waals surface area contributed by atoms with Crippen LogP contribution in [-0.4, -0.2) is 25.6 Å². The Kier molecular flexibility index (Phi) is 5.52. The van der Waals surface area contributed by atoms with Crippen LogP contribution in [0.5, 0.6) is 0 Å². The van der Waals surface area contributed by atoms with Gasteiger partial charge in [-0.3, -0.25) is 4.79 Å². The quantitative estimate of drug-likeness (QED) is 0.661. The SMILES string of the molecule is CS(=O)(=O)c1ccc(CC(=O)Nc2nc(-c3ccc4c(c3)CCCC4)cs2)cc1. The summed E-state index contributed by atoms with van der Waals surface area (Å²) < 4.78 is 23.0. The number of rotatable bonds is 5. The van der Waals surface area contributed by atoms with E-state index >= 15 is 0 Å². The van der Waals surface area contributed by atoms with E-state index in [1.54, 1.807) is 12.1 Å². The summed E-state index contributed by atoms with van der Waals surface area (Å²) in [4.78, 5) is 17.1. The fraction of sp³-hybridized carbons (Fsp3) is 0.273. The number of hydrogen-bond acceptors (Lipinski definition) is 5. The molecule has 1 heterocycles. The molecule has 0 fully saturated rings. The second-order valence-electron chi connectivity index (χ2n) is 7.37. The first-order valence-electron chi connectivity index (χ1n) is 9.55. The van der Waals surface area contributed by atoms with Gasteiger partial charge in [0.05, 0.1) is 17.0 Å². The number of nitrogens with zero attached hydrogens (tertiary/aromatic N) is 1. The monoisotopic (exact) mass is 426 g/mol. The van der Waals surface area contributed by atoms with E-state index in [1.165, 1.54) is 47.4 Å². The maximum Gasteiger partial charge on any atom is 0.230 e. The van der Waals surface area contributed by atoms with E-state index in [0.29, 0.717) is 5.13 Å². The van der Waals surface area contributed by atoms with Gasteiger partial charge in [0, 0.05) is 17.2 Å². The zero-order valence-corrected chi connectivity index (χ0v) is 17.8. The minimum atomic E-state index is -3.24. The van der Waals surface area contributed by atoms with Gasteiger partial charge in [-0.05, 0) is 60.6 Å². The molecule has 3 aromatic rings. The van der Waals surface area contributed by atoms with Crippen molar-refractivity contribution in [1.29, 1.82) is 0 Å². The van der Waals surface area contributed by atoms with E-state index in [2.05, 4.69) is 28.5 Å². The summed E-state index contributed by atoms with van der Waals surface area (Å²) in [6.45, 7) is 0. The number of carbonyl (C=O) groups is 1.